The first-order chi connectivity index (χ1) is 20.0. The fourth-order valence-electron chi connectivity index (χ4n) is 3.96. The quantitative estimate of drug-likeness (QED) is 0.0525. The molecular formula is C23H27ClN9O7S2+. The van der Waals surface area contributed by atoms with E-state index < -0.39 is 47.0 Å². The van der Waals surface area contributed by atoms with Crippen LogP contribution in [0.5, 0.6) is 0 Å². The first-order valence-corrected chi connectivity index (χ1v) is 14.6. The molecule has 2 aromatic rings. The fourth-order valence-corrected chi connectivity index (χ4v) is 6.23. The first kappa shape index (κ1) is 30.9. The van der Waals surface area contributed by atoms with E-state index in [9.17, 15) is 24.3 Å². The van der Waals surface area contributed by atoms with Crippen molar-refractivity contribution >= 4 is 75.1 Å². The van der Waals surface area contributed by atoms with Crippen molar-refractivity contribution in [3.05, 3.63) is 39.9 Å². The third-order valence-electron chi connectivity index (χ3n) is 6.05. The van der Waals surface area contributed by atoms with Gasteiger partial charge in [-0.15, -0.1) is 11.8 Å². The molecule has 3 atom stereocenters. The number of anilines is 2. The average molecular weight is 641 g/mol. The number of aliphatic carboxylic acids is 2. The monoisotopic (exact) mass is 640 g/mol. The molecule has 0 aromatic carbocycles. The lowest BCUT2D eigenvalue weighted by atomic mass is 10.0. The number of carbonyl (C=O) groups is 4. The number of amides is 2. The Morgan fingerprint density at radius 3 is 2.71 bits per heavy atom. The molecule has 2 aliphatic rings. The maximum absolute atomic E-state index is 13.2. The lowest BCUT2D eigenvalue weighted by molar-refractivity contribution is -0.691. The summed E-state index contributed by atoms with van der Waals surface area (Å²) in [7, 11) is 1.84. The molecule has 0 radical (unpaired) electrons. The number of halogens is 1. The molecule has 42 heavy (non-hydrogen) atoms. The highest BCUT2D eigenvalue weighted by Crippen LogP contribution is 2.40. The molecule has 2 aromatic heterocycles. The largest absolute Gasteiger partial charge is 0.478 e. The number of aromatic nitrogens is 3. The van der Waals surface area contributed by atoms with Crippen molar-refractivity contribution in [2.45, 2.75) is 31.0 Å². The minimum atomic E-state index is -1.40. The van der Waals surface area contributed by atoms with E-state index in [1.54, 1.807) is 23.2 Å². The molecule has 4 rings (SSSR count). The van der Waals surface area contributed by atoms with Crippen LogP contribution in [0.3, 0.4) is 0 Å². The second-order valence-corrected chi connectivity index (χ2v) is 11.7. The number of nitrogen functional groups attached to an aromatic ring is 1. The second kappa shape index (κ2) is 13.3. The van der Waals surface area contributed by atoms with Gasteiger partial charge in [-0.25, -0.2) is 19.1 Å². The van der Waals surface area contributed by atoms with Gasteiger partial charge in [-0.2, -0.15) is 0 Å². The van der Waals surface area contributed by atoms with Crippen LogP contribution in [0.15, 0.2) is 35.0 Å². The van der Waals surface area contributed by atoms with E-state index in [0.717, 1.165) is 22.8 Å². The van der Waals surface area contributed by atoms with Crippen molar-refractivity contribution in [3.63, 3.8) is 0 Å². The summed E-state index contributed by atoms with van der Waals surface area (Å²) in [5, 5.41) is 30.7. The van der Waals surface area contributed by atoms with E-state index in [2.05, 4.69) is 31.1 Å². The standard InChI is InChI=1S/C23H26ClN9O7S2/c1-10(21(36)37)40-31-14(13-17(24)42-23(25)30-13)18(34)29-15-19(35)33-16(22(38)39)11(8-41-20(15)33)7-32-6-3-12(28-9-32)27-5-4-26-2/h3,6,9-10,15,20,26H,4-5,7-8H2,1-2H3,(H5,25,29,30,34,36,37,38,39)/p+1/t10-,15+,20+/m0/s1. The van der Waals surface area contributed by atoms with E-state index >= 15 is 0 Å². The number of carboxylic acids is 2. The van der Waals surface area contributed by atoms with Crippen molar-refractivity contribution in [1.29, 1.82) is 0 Å². The number of likely N-dealkylation sites (N-methyl/N-ethyl adjacent to an activating group) is 1. The number of carboxylic acid groups (broad SMARTS) is 2. The molecule has 19 heteroatoms. The molecule has 1 fully saturated rings. The molecule has 16 nitrogen and oxygen atoms in total. The number of thioether (sulfide) groups is 1. The molecule has 2 amide bonds. The SMILES string of the molecule is CNCCNc1cc[n+](CC2=C(C(=O)O)N3C(=O)[C@@H](NC(=O)C(=NO[C@@H](C)C(=O)O)c4nc(N)sc4Cl)[C@H]3SC2)cn1. The highest BCUT2D eigenvalue weighted by molar-refractivity contribution is 8.00. The van der Waals surface area contributed by atoms with Gasteiger partial charge in [-0.3, -0.25) is 14.5 Å². The lowest BCUT2D eigenvalue weighted by Crippen LogP contribution is -2.71. The Morgan fingerprint density at radius 2 is 2.12 bits per heavy atom. The van der Waals surface area contributed by atoms with Crippen LogP contribution in [-0.2, 0) is 30.6 Å². The fraction of sp³-hybridized carbons (Fsp3) is 0.391. The maximum atomic E-state index is 13.2. The smallest absolute Gasteiger partial charge is 0.352 e. The van der Waals surface area contributed by atoms with Gasteiger partial charge in [-0.1, -0.05) is 28.1 Å². The maximum Gasteiger partial charge on any atom is 0.352 e. The van der Waals surface area contributed by atoms with Crippen LogP contribution in [0, 0.1) is 0 Å². The number of hydrogen-bond donors (Lipinski definition) is 6. The van der Waals surface area contributed by atoms with E-state index in [1.165, 1.54) is 18.7 Å². The first-order valence-electron chi connectivity index (χ1n) is 12.3. The molecule has 4 heterocycles. The number of nitrogens with two attached hydrogens (primary N) is 1. The molecule has 0 aliphatic carbocycles. The van der Waals surface area contributed by atoms with E-state index in [0.29, 0.717) is 17.9 Å². The van der Waals surface area contributed by atoms with E-state index in [4.69, 9.17) is 27.3 Å². The Hall–Kier alpha value is -4.00. The Morgan fingerprint density at radius 1 is 1.36 bits per heavy atom. The molecule has 224 valence electrons. The van der Waals surface area contributed by atoms with Crippen molar-refractivity contribution in [2.75, 3.05) is 36.9 Å². The number of nitrogens with zero attached hydrogens (tertiary/aromatic N) is 5. The van der Waals surface area contributed by atoms with Gasteiger partial charge in [0.2, 0.25) is 11.9 Å². The van der Waals surface area contributed by atoms with Crippen molar-refractivity contribution in [2.24, 2.45) is 5.16 Å². The van der Waals surface area contributed by atoms with Crippen molar-refractivity contribution in [3.8, 4) is 0 Å². The highest BCUT2D eigenvalue weighted by atomic mass is 35.5. The lowest BCUT2D eigenvalue weighted by Gasteiger charge is -2.49. The summed E-state index contributed by atoms with van der Waals surface area (Å²) in [5.74, 6) is -3.26. The summed E-state index contributed by atoms with van der Waals surface area (Å²) in [5.41, 5.74) is 5.36. The Bertz CT molecular complexity index is 1450. The predicted octanol–water partition coefficient (Wildman–Crippen LogP) is -0.675. The third-order valence-corrected chi connectivity index (χ3v) is 8.47. The Balaban J connectivity index is 1.50. The number of hydrogen-bond acceptors (Lipinski definition) is 13. The Kier molecular flexibility index (Phi) is 9.81. The number of carbonyl (C=O) groups excluding carboxylic acids is 2. The average Bonchev–Trinajstić information content (AvgIpc) is 3.29. The number of rotatable bonds is 13. The summed E-state index contributed by atoms with van der Waals surface area (Å²) >= 11 is 8.27. The van der Waals surface area contributed by atoms with Gasteiger partial charge in [0.25, 0.3) is 18.1 Å². The normalized spacial score (nSPS) is 19.1. The van der Waals surface area contributed by atoms with Crippen LogP contribution in [0.25, 0.3) is 0 Å². The zero-order valence-electron chi connectivity index (χ0n) is 22.2. The summed E-state index contributed by atoms with van der Waals surface area (Å²) in [4.78, 5) is 64.1. The number of nitrogens with one attached hydrogen (secondary N) is 3. The minimum Gasteiger partial charge on any atom is -0.478 e. The Labute approximate surface area is 252 Å². The van der Waals surface area contributed by atoms with Crippen LogP contribution in [-0.4, -0.2) is 98.0 Å². The second-order valence-electron chi connectivity index (χ2n) is 8.97. The number of fused-ring (bicyclic) bond motifs is 1. The van der Waals surface area contributed by atoms with Crippen LogP contribution in [0.4, 0.5) is 10.9 Å². The van der Waals surface area contributed by atoms with Crippen LogP contribution in [0.1, 0.15) is 12.6 Å². The van der Waals surface area contributed by atoms with Gasteiger partial charge in [0.05, 0.1) is 6.20 Å². The van der Waals surface area contributed by atoms with Gasteiger partial charge in [-0.05, 0) is 19.0 Å². The topological polar surface area (TPSA) is 225 Å². The molecule has 0 saturated carbocycles. The summed E-state index contributed by atoms with van der Waals surface area (Å²) < 4.78 is 1.70. The number of thiazole rings is 1. The summed E-state index contributed by atoms with van der Waals surface area (Å²) in [6.07, 6.45) is 1.91. The summed E-state index contributed by atoms with van der Waals surface area (Å²) in [6, 6.07) is 0.658. The van der Waals surface area contributed by atoms with Gasteiger partial charge in [0.1, 0.15) is 33.7 Å². The highest BCUT2D eigenvalue weighted by Gasteiger charge is 2.54. The zero-order chi connectivity index (χ0) is 30.6. The molecule has 1 saturated heterocycles. The number of oxime groups is 1. The van der Waals surface area contributed by atoms with Gasteiger partial charge >= 0.3 is 11.9 Å². The zero-order valence-corrected chi connectivity index (χ0v) is 24.6. The van der Waals surface area contributed by atoms with Gasteiger partial charge in [0, 0.05) is 30.5 Å². The minimum absolute atomic E-state index is 0.00362. The molecule has 7 N–H and O–H groups in total. The summed E-state index contributed by atoms with van der Waals surface area (Å²) in [6.45, 7) is 2.83. The van der Waals surface area contributed by atoms with Crippen LogP contribution >= 0.6 is 34.7 Å². The van der Waals surface area contributed by atoms with Gasteiger partial charge < -0.3 is 36.7 Å². The molecule has 0 unspecified atom stereocenters. The molecule has 0 bridgehead atoms. The van der Waals surface area contributed by atoms with Crippen LogP contribution in [0.2, 0.25) is 4.34 Å². The van der Waals surface area contributed by atoms with Crippen molar-refractivity contribution < 1.29 is 38.8 Å². The molecule has 2 aliphatic heterocycles. The predicted molar refractivity (Wildman–Crippen MR) is 153 cm³/mol. The number of β-lactam (4-membered cyclic amide) rings is 1. The third kappa shape index (κ3) is 6.72. The molecule has 0 spiro atoms. The van der Waals surface area contributed by atoms with E-state index in [1.807, 2.05) is 7.05 Å². The van der Waals surface area contributed by atoms with Crippen LogP contribution < -0.4 is 26.3 Å². The van der Waals surface area contributed by atoms with Gasteiger partial charge in [0.15, 0.2) is 10.8 Å². The van der Waals surface area contributed by atoms with Crippen molar-refractivity contribution in [1.82, 2.24) is 25.5 Å². The van der Waals surface area contributed by atoms with E-state index in [-0.39, 0.29) is 33.2 Å². The molecular weight excluding hydrogens is 614 g/mol.